The minimum Gasteiger partial charge on any atom is -0.495 e. The number of rotatable bonds is 6. The Kier molecular flexibility index (Phi) is 4.77. The summed E-state index contributed by atoms with van der Waals surface area (Å²) in [7, 11) is 1.64. The molecule has 0 fully saturated rings. The van der Waals surface area contributed by atoms with Crippen molar-refractivity contribution in [2.75, 3.05) is 12.4 Å². The van der Waals surface area contributed by atoms with Crippen LogP contribution < -0.4 is 10.1 Å². The smallest absolute Gasteiger partial charge is 0.141 e. The van der Waals surface area contributed by atoms with E-state index in [0.717, 1.165) is 17.0 Å². The number of methoxy groups -OCH3 is 1. The Bertz CT molecular complexity index is 566. The summed E-state index contributed by atoms with van der Waals surface area (Å²) >= 11 is 0. The first kappa shape index (κ1) is 14.1. The van der Waals surface area contributed by atoms with Crippen molar-refractivity contribution in [3.63, 3.8) is 0 Å². The molecule has 2 aromatic carbocycles. The first-order valence-corrected chi connectivity index (χ1v) is 6.64. The number of para-hydroxylation sites is 2. The number of hydrogen-bond acceptors (Lipinski definition) is 3. The molecule has 0 aromatic heterocycles. The normalized spacial score (nSPS) is 11.7. The Hall–Kier alpha value is -2.29. The largest absolute Gasteiger partial charge is 0.495 e. The van der Waals surface area contributed by atoms with Gasteiger partial charge in [0.25, 0.3) is 0 Å². The van der Waals surface area contributed by atoms with E-state index in [2.05, 4.69) is 5.32 Å². The Morgan fingerprint density at radius 1 is 1.10 bits per heavy atom. The molecular weight excluding hydrogens is 250 g/mol. The average molecular weight is 269 g/mol. The van der Waals surface area contributed by atoms with Crippen molar-refractivity contribution in [1.29, 1.82) is 0 Å². The van der Waals surface area contributed by atoms with E-state index in [1.807, 2.05) is 54.6 Å². The fraction of sp³-hybridized carbons (Fsp3) is 0.235. The van der Waals surface area contributed by atoms with Crippen LogP contribution in [0.25, 0.3) is 0 Å². The molecule has 1 N–H and O–H groups in total. The van der Waals surface area contributed by atoms with Crippen LogP contribution in [-0.2, 0) is 4.79 Å². The molecule has 0 bridgehead atoms. The number of carbonyl (C=O) groups excluding carboxylic acids is 1. The Morgan fingerprint density at radius 2 is 1.75 bits per heavy atom. The second kappa shape index (κ2) is 6.75. The quantitative estimate of drug-likeness (QED) is 0.866. The van der Waals surface area contributed by atoms with E-state index in [0.29, 0.717) is 6.42 Å². The summed E-state index contributed by atoms with van der Waals surface area (Å²) < 4.78 is 5.34. The van der Waals surface area contributed by atoms with Gasteiger partial charge in [-0.2, -0.15) is 0 Å². The number of ketones is 1. The molecule has 2 aromatic rings. The minimum absolute atomic E-state index is 0.0509. The van der Waals surface area contributed by atoms with Crippen LogP contribution in [0.3, 0.4) is 0 Å². The summed E-state index contributed by atoms with van der Waals surface area (Å²) in [6, 6.07) is 17.6. The van der Waals surface area contributed by atoms with Gasteiger partial charge in [0.05, 0.1) is 18.8 Å². The first-order valence-electron chi connectivity index (χ1n) is 6.64. The van der Waals surface area contributed by atoms with Crippen LogP contribution in [0.1, 0.15) is 24.9 Å². The molecule has 2 rings (SSSR count). The number of nitrogens with one attached hydrogen (secondary N) is 1. The molecule has 0 aliphatic carbocycles. The molecule has 0 spiro atoms. The molecular formula is C17H19NO2. The summed E-state index contributed by atoms with van der Waals surface area (Å²) in [6.07, 6.45) is 0.446. The maximum atomic E-state index is 11.5. The molecule has 3 heteroatoms. The molecule has 104 valence electrons. The average Bonchev–Trinajstić information content (AvgIpc) is 2.47. The second-order valence-electron chi connectivity index (χ2n) is 4.71. The van der Waals surface area contributed by atoms with Gasteiger partial charge < -0.3 is 10.1 Å². The summed E-state index contributed by atoms with van der Waals surface area (Å²) in [5.74, 6) is 0.929. The Morgan fingerprint density at radius 3 is 2.40 bits per heavy atom. The molecule has 1 atom stereocenters. The maximum Gasteiger partial charge on any atom is 0.141 e. The van der Waals surface area contributed by atoms with Gasteiger partial charge in [-0.05, 0) is 24.6 Å². The zero-order valence-electron chi connectivity index (χ0n) is 11.8. The maximum absolute atomic E-state index is 11.5. The van der Waals surface area contributed by atoms with Crippen LogP contribution >= 0.6 is 0 Å². The predicted molar refractivity (Wildman–Crippen MR) is 81.1 cm³/mol. The Balaban J connectivity index is 2.26. The van der Waals surface area contributed by atoms with Gasteiger partial charge in [-0.15, -0.1) is 0 Å². The van der Waals surface area contributed by atoms with Crippen molar-refractivity contribution in [2.45, 2.75) is 19.4 Å². The van der Waals surface area contributed by atoms with E-state index >= 15 is 0 Å². The van der Waals surface area contributed by atoms with E-state index < -0.39 is 0 Å². The molecule has 3 nitrogen and oxygen atoms in total. The van der Waals surface area contributed by atoms with Crippen LogP contribution in [0.5, 0.6) is 5.75 Å². The third kappa shape index (κ3) is 3.60. The lowest BCUT2D eigenvalue weighted by atomic mass is 10.0. The monoisotopic (exact) mass is 269 g/mol. The Labute approximate surface area is 119 Å². The topological polar surface area (TPSA) is 38.3 Å². The number of anilines is 1. The van der Waals surface area contributed by atoms with E-state index in [4.69, 9.17) is 4.74 Å². The molecule has 20 heavy (non-hydrogen) atoms. The highest BCUT2D eigenvalue weighted by Gasteiger charge is 2.15. The highest BCUT2D eigenvalue weighted by molar-refractivity contribution is 5.77. The van der Waals surface area contributed by atoms with Gasteiger partial charge in [-0.1, -0.05) is 42.5 Å². The summed E-state index contributed by atoms with van der Waals surface area (Å²) in [4.78, 5) is 11.5. The summed E-state index contributed by atoms with van der Waals surface area (Å²) in [5, 5.41) is 3.40. The summed E-state index contributed by atoms with van der Waals surface area (Å²) in [6.45, 7) is 1.61. The van der Waals surface area contributed by atoms with Crippen molar-refractivity contribution in [1.82, 2.24) is 0 Å². The molecule has 0 amide bonds. The van der Waals surface area contributed by atoms with Gasteiger partial charge in [0.2, 0.25) is 0 Å². The fourth-order valence-electron chi connectivity index (χ4n) is 2.18. The van der Waals surface area contributed by atoms with Crippen molar-refractivity contribution in [3.8, 4) is 5.75 Å². The van der Waals surface area contributed by atoms with Gasteiger partial charge in [0.15, 0.2) is 0 Å². The molecule has 0 heterocycles. The number of ether oxygens (including phenoxy) is 1. The van der Waals surface area contributed by atoms with Crippen LogP contribution in [-0.4, -0.2) is 12.9 Å². The van der Waals surface area contributed by atoms with Crippen molar-refractivity contribution in [3.05, 3.63) is 60.2 Å². The highest BCUT2D eigenvalue weighted by atomic mass is 16.5. The summed E-state index contributed by atoms with van der Waals surface area (Å²) in [5.41, 5.74) is 1.98. The third-order valence-electron chi connectivity index (χ3n) is 3.13. The minimum atomic E-state index is -0.0509. The second-order valence-corrected chi connectivity index (χ2v) is 4.71. The van der Waals surface area contributed by atoms with Gasteiger partial charge in [0.1, 0.15) is 11.5 Å². The number of carbonyl (C=O) groups is 1. The fourth-order valence-corrected chi connectivity index (χ4v) is 2.18. The lowest BCUT2D eigenvalue weighted by Gasteiger charge is -2.20. The van der Waals surface area contributed by atoms with E-state index in [1.54, 1.807) is 14.0 Å². The zero-order chi connectivity index (χ0) is 14.4. The van der Waals surface area contributed by atoms with E-state index in [9.17, 15) is 4.79 Å². The van der Waals surface area contributed by atoms with Gasteiger partial charge >= 0.3 is 0 Å². The molecule has 0 saturated carbocycles. The van der Waals surface area contributed by atoms with Crippen molar-refractivity contribution < 1.29 is 9.53 Å². The number of Topliss-reactive ketones (excluding diaryl/α,β-unsaturated/α-hetero) is 1. The lowest BCUT2D eigenvalue weighted by molar-refractivity contribution is -0.117. The zero-order valence-corrected chi connectivity index (χ0v) is 11.8. The van der Waals surface area contributed by atoms with Gasteiger partial charge in [-0.3, -0.25) is 4.79 Å². The molecule has 0 saturated heterocycles. The van der Waals surface area contributed by atoms with E-state index in [1.165, 1.54) is 0 Å². The van der Waals surface area contributed by atoms with E-state index in [-0.39, 0.29) is 11.8 Å². The van der Waals surface area contributed by atoms with Crippen LogP contribution in [0.15, 0.2) is 54.6 Å². The number of hydrogen-bond donors (Lipinski definition) is 1. The molecule has 1 unspecified atom stereocenters. The molecule has 0 radical (unpaired) electrons. The van der Waals surface area contributed by atoms with Crippen LogP contribution in [0, 0.1) is 0 Å². The third-order valence-corrected chi connectivity index (χ3v) is 3.13. The SMILES string of the molecule is COc1ccccc1NC(CC(C)=O)c1ccccc1. The first-order chi connectivity index (χ1) is 9.70. The van der Waals surface area contributed by atoms with Crippen LogP contribution in [0.4, 0.5) is 5.69 Å². The van der Waals surface area contributed by atoms with Crippen molar-refractivity contribution >= 4 is 11.5 Å². The van der Waals surface area contributed by atoms with Gasteiger partial charge in [-0.25, -0.2) is 0 Å². The molecule has 0 aliphatic heterocycles. The highest BCUT2D eigenvalue weighted by Crippen LogP contribution is 2.29. The lowest BCUT2D eigenvalue weighted by Crippen LogP contribution is -2.14. The molecule has 0 aliphatic rings. The van der Waals surface area contributed by atoms with Gasteiger partial charge in [0, 0.05) is 6.42 Å². The standard InChI is InChI=1S/C17H19NO2/c1-13(19)12-16(14-8-4-3-5-9-14)18-15-10-6-7-11-17(15)20-2/h3-11,16,18H,12H2,1-2H3. The number of benzene rings is 2. The van der Waals surface area contributed by atoms with Crippen molar-refractivity contribution in [2.24, 2.45) is 0 Å². The van der Waals surface area contributed by atoms with Crippen LogP contribution in [0.2, 0.25) is 0 Å². The predicted octanol–water partition coefficient (Wildman–Crippen LogP) is 3.83.